The highest BCUT2D eigenvalue weighted by Gasteiger charge is 2.52. The fourth-order valence-electron chi connectivity index (χ4n) is 5.24. The first kappa shape index (κ1) is 19.3. The molecule has 1 aromatic carbocycles. The Kier molecular flexibility index (Phi) is 4.83. The molecule has 0 aromatic heterocycles. The molecule has 0 saturated heterocycles. The number of alkyl halides is 4. The average Bonchev–Trinajstić information content (AvgIpc) is 2.56. The van der Waals surface area contributed by atoms with E-state index in [1.807, 2.05) is 6.08 Å². The molecular formula is C20H21Cl2F3O2. The quantitative estimate of drug-likeness (QED) is 0.518. The van der Waals surface area contributed by atoms with Crippen LogP contribution in [-0.4, -0.2) is 24.8 Å². The van der Waals surface area contributed by atoms with Crippen molar-refractivity contribution in [3.05, 3.63) is 28.3 Å². The number of allylic oxidation sites excluding steroid dienone is 1. The van der Waals surface area contributed by atoms with E-state index in [1.54, 1.807) is 6.07 Å². The van der Waals surface area contributed by atoms with E-state index < -0.39 is 12.8 Å². The van der Waals surface area contributed by atoms with Crippen LogP contribution in [0.3, 0.4) is 0 Å². The summed E-state index contributed by atoms with van der Waals surface area (Å²) in [6, 6.07) is 2.95. The molecule has 2 unspecified atom stereocenters. The minimum atomic E-state index is -4.40. The van der Waals surface area contributed by atoms with Crippen LogP contribution in [0.5, 0.6) is 11.5 Å². The molecule has 148 valence electrons. The first-order chi connectivity index (χ1) is 12.7. The van der Waals surface area contributed by atoms with E-state index in [-0.39, 0.29) is 10.6 Å². The summed E-state index contributed by atoms with van der Waals surface area (Å²) in [5.41, 5.74) is 1.96. The summed E-state index contributed by atoms with van der Waals surface area (Å²) in [7, 11) is 1.44. The third-order valence-corrected chi connectivity index (χ3v) is 6.91. The summed E-state index contributed by atoms with van der Waals surface area (Å²) >= 11 is 13.2. The summed E-state index contributed by atoms with van der Waals surface area (Å²) in [6.07, 6.45) is 2.93. The molecule has 0 N–H and O–H groups in total. The molecule has 1 aromatic rings. The van der Waals surface area contributed by atoms with E-state index in [0.29, 0.717) is 34.1 Å². The van der Waals surface area contributed by atoms with Crippen LogP contribution in [0.15, 0.2) is 17.7 Å². The van der Waals surface area contributed by atoms with Gasteiger partial charge in [-0.3, -0.25) is 0 Å². The Morgan fingerprint density at radius 1 is 1.19 bits per heavy atom. The summed E-state index contributed by atoms with van der Waals surface area (Å²) in [5, 5.41) is 0.388. The average molecular weight is 421 g/mol. The Labute approximate surface area is 166 Å². The number of ether oxygens (including phenoxy) is 2. The van der Waals surface area contributed by atoms with Gasteiger partial charge in [-0.15, -0.1) is 11.6 Å². The van der Waals surface area contributed by atoms with Crippen LogP contribution in [0.1, 0.15) is 37.7 Å². The summed E-state index contributed by atoms with van der Waals surface area (Å²) in [5.74, 6) is 1.94. The molecule has 4 saturated carbocycles. The first-order valence-electron chi connectivity index (χ1n) is 9.13. The zero-order chi connectivity index (χ0) is 19.4. The van der Waals surface area contributed by atoms with E-state index in [2.05, 4.69) is 0 Å². The van der Waals surface area contributed by atoms with E-state index >= 15 is 0 Å². The standard InChI is InChI=1S/C20H21Cl2F3O2/c1-26-17-6-15(27-10-20(23,24)25)4-12(18(17)21)5-16-13-2-11-3-14(16)9-19(22,7-11)8-13/h4-6,11,13-14H,2-3,7-10H2,1H3. The number of methoxy groups -OCH3 is 1. The van der Waals surface area contributed by atoms with Crippen molar-refractivity contribution in [2.75, 3.05) is 13.7 Å². The lowest BCUT2D eigenvalue weighted by Gasteiger charge is -2.55. The van der Waals surface area contributed by atoms with Crippen molar-refractivity contribution in [3.63, 3.8) is 0 Å². The van der Waals surface area contributed by atoms with Crippen LogP contribution in [0.2, 0.25) is 5.02 Å². The Bertz CT molecular complexity index is 757. The fourth-order valence-corrected chi connectivity index (χ4v) is 6.07. The van der Waals surface area contributed by atoms with Gasteiger partial charge >= 0.3 is 6.18 Å². The topological polar surface area (TPSA) is 18.5 Å². The maximum atomic E-state index is 12.5. The predicted octanol–water partition coefficient (Wildman–Crippen LogP) is 6.49. The molecular weight excluding hydrogens is 400 g/mol. The van der Waals surface area contributed by atoms with Gasteiger partial charge in [0.1, 0.15) is 11.5 Å². The molecule has 4 bridgehead atoms. The van der Waals surface area contributed by atoms with Gasteiger partial charge in [-0.1, -0.05) is 23.3 Å². The molecule has 0 amide bonds. The number of halogens is 5. The normalized spacial score (nSPS) is 31.9. The van der Waals surface area contributed by atoms with Crippen molar-refractivity contribution in [3.8, 4) is 11.5 Å². The van der Waals surface area contributed by atoms with Crippen molar-refractivity contribution >= 4 is 29.3 Å². The lowest BCUT2D eigenvalue weighted by atomic mass is 9.53. The number of hydrogen-bond donors (Lipinski definition) is 0. The SMILES string of the molecule is COc1cc(OCC(F)(F)F)cc(C=C2C3CC4CC2CC(Cl)(C4)C3)c1Cl. The molecule has 4 fully saturated rings. The maximum Gasteiger partial charge on any atom is 0.422 e. The molecule has 0 spiro atoms. The summed E-state index contributed by atoms with van der Waals surface area (Å²) in [6.45, 7) is -1.35. The van der Waals surface area contributed by atoms with Crippen LogP contribution in [0, 0.1) is 17.8 Å². The van der Waals surface area contributed by atoms with Gasteiger partial charge in [0.2, 0.25) is 0 Å². The van der Waals surface area contributed by atoms with Crippen LogP contribution >= 0.6 is 23.2 Å². The van der Waals surface area contributed by atoms with Gasteiger partial charge in [0, 0.05) is 16.5 Å². The largest absolute Gasteiger partial charge is 0.495 e. The van der Waals surface area contributed by atoms with E-state index in [4.69, 9.17) is 32.7 Å². The van der Waals surface area contributed by atoms with Crippen molar-refractivity contribution in [2.45, 2.75) is 43.2 Å². The monoisotopic (exact) mass is 420 g/mol. The molecule has 4 aliphatic carbocycles. The Balaban J connectivity index is 1.66. The van der Waals surface area contributed by atoms with Gasteiger partial charge in [0.05, 0.1) is 12.1 Å². The third kappa shape index (κ3) is 3.91. The molecule has 5 rings (SSSR count). The minimum absolute atomic E-state index is 0.0764. The van der Waals surface area contributed by atoms with Crippen molar-refractivity contribution in [2.24, 2.45) is 17.8 Å². The predicted molar refractivity (Wildman–Crippen MR) is 99.7 cm³/mol. The second-order valence-corrected chi connectivity index (χ2v) is 9.25. The number of rotatable bonds is 4. The highest BCUT2D eigenvalue weighted by atomic mass is 35.5. The van der Waals surface area contributed by atoms with Crippen molar-refractivity contribution in [1.82, 2.24) is 0 Å². The van der Waals surface area contributed by atoms with Crippen LogP contribution in [-0.2, 0) is 0 Å². The van der Waals surface area contributed by atoms with Gasteiger partial charge in [-0.05, 0) is 55.9 Å². The lowest BCUT2D eigenvalue weighted by molar-refractivity contribution is -0.153. The first-order valence-corrected chi connectivity index (χ1v) is 9.89. The van der Waals surface area contributed by atoms with Crippen LogP contribution < -0.4 is 9.47 Å². The number of hydrogen-bond acceptors (Lipinski definition) is 2. The number of benzene rings is 1. The fraction of sp³-hybridized carbons (Fsp3) is 0.600. The smallest absolute Gasteiger partial charge is 0.422 e. The second kappa shape index (κ2) is 6.77. The molecule has 0 heterocycles. The highest BCUT2D eigenvalue weighted by Crippen LogP contribution is 2.61. The molecule has 2 atom stereocenters. The molecule has 4 aliphatic rings. The van der Waals surface area contributed by atoms with Gasteiger partial charge in [0.15, 0.2) is 6.61 Å². The molecule has 0 aliphatic heterocycles. The molecule has 0 radical (unpaired) electrons. The minimum Gasteiger partial charge on any atom is -0.495 e. The van der Waals surface area contributed by atoms with E-state index in [1.165, 1.54) is 18.7 Å². The van der Waals surface area contributed by atoms with Crippen LogP contribution in [0.25, 0.3) is 6.08 Å². The molecule has 7 heteroatoms. The Hall–Kier alpha value is -1.07. The zero-order valence-corrected chi connectivity index (χ0v) is 16.4. The molecule has 2 nitrogen and oxygen atoms in total. The van der Waals surface area contributed by atoms with Gasteiger partial charge < -0.3 is 9.47 Å². The molecule has 27 heavy (non-hydrogen) atoms. The van der Waals surface area contributed by atoms with Gasteiger partial charge in [-0.25, -0.2) is 0 Å². The van der Waals surface area contributed by atoms with Crippen molar-refractivity contribution in [1.29, 1.82) is 0 Å². The Morgan fingerprint density at radius 2 is 1.85 bits per heavy atom. The summed E-state index contributed by atoms with van der Waals surface area (Å²) < 4.78 is 47.7. The van der Waals surface area contributed by atoms with Gasteiger partial charge in [0.25, 0.3) is 0 Å². The van der Waals surface area contributed by atoms with Crippen molar-refractivity contribution < 1.29 is 22.6 Å². The highest BCUT2D eigenvalue weighted by molar-refractivity contribution is 6.33. The summed E-state index contributed by atoms with van der Waals surface area (Å²) in [4.78, 5) is -0.0764. The Morgan fingerprint density at radius 3 is 2.41 bits per heavy atom. The maximum absolute atomic E-state index is 12.5. The van der Waals surface area contributed by atoms with Crippen LogP contribution in [0.4, 0.5) is 13.2 Å². The van der Waals surface area contributed by atoms with E-state index in [0.717, 1.165) is 32.1 Å². The zero-order valence-electron chi connectivity index (χ0n) is 14.9. The lowest BCUT2D eigenvalue weighted by Crippen LogP contribution is -2.48. The third-order valence-electron chi connectivity index (χ3n) is 6.04. The second-order valence-electron chi connectivity index (χ2n) is 8.07. The van der Waals surface area contributed by atoms with Gasteiger partial charge in [-0.2, -0.15) is 13.2 Å². The van der Waals surface area contributed by atoms with E-state index in [9.17, 15) is 13.2 Å².